The van der Waals surface area contributed by atoms with Crippen LogP contribution in [0.3, 0.4) is 0 Å². The predicted molar refractivity (Wildman–Crippen MR) is 80.4 cm³/mol. The minimum absolute atomic E-state index is 0.0857. The molecule has 2 rings (SSSR count). The molecular weight excluding hydrogens is 250 g/mol. The molecule has 0 heterocycles. The normalized spacial score (nSPS) is 24.1. The van der Waals surface area contributed by atoms with Crippen LogP contribution in [0.1, 0.15) is 50.5 Å². The van der Waals surface area contributed by atoms with Crippen molar-refractivity contribution in [3.8, 4) is 0 Å². The van der Waals surface area contributed by atoms with Crippen LogP contribution in [0.25, 0.3) is 0 Å². The van der Waals surface area contributed by atoms with E-state index in [-0.39, 0.29) is 30.4 Å². The summed E-state index contributed by atoms with van der Waals surface area (Å²) in [6.07, 6.45) is 5.11. The zero-order valence-electron chi connectivity index (χ0n) is 12.2. The lowest BCUT2D eigenvalue weighted by molar-refractivity contribution is -0.124. The maximum atomic E-state index is 12.5. The molecule has 0 aromatic heterocycles. The highest BCUT2D eigenvalue weighted by molar-refractivity contribution is 5.83. The molecule has 0 radical (unpaired) electrons. The van der Waals surface area contributed by atoms with Crippen molar-refractivity contribution in [1.29, 1.82) is 0 Å². The predicted octanol–water partition coefficient (Wildman–Crippen LogP) is 2.85. The third kappa shape index (κ3) is 3.60. The van der Waals surface area contributed by atoms with Gasteiger partial charge >= 0.3 is 0 Å². The van der Waals surface area contributed by atoms with E-state index in [1.807, 2.05) is 37.3 Å². The van der Waals surface area contributed by atoms with Gasteiger partial charge in [-0.1, -0.05) is 50.1 Å². The van der Waals surface area contributed by atoms with Gasteiger partial charge in [-0.3, -0.25) is 4.79 Å². The second-order valence-electron chi connectivity index (χ2n) is 5.71. The molecule has 1 aromatic carbocycles. The largest absolute Gasteiger partial charge is 0.396 e. The van der Waals surface area contributed by atoms with Gasteiger partial charge in [0.15, 0.2) is 0 Å². The van der Waals surface area contributed by atoms with E-state index in [0.29, 0.717) is 0 Å². The van der Waals surface area contributed by atoms with E-state index in [4.69, 9.17) is 0 Å². The number of amides is 1. The molecule has 20 heavy (non-hydrogen) atoms. The highest BCUT2D eigenvalue weighted by Gasteiger charge is 2.28. The Morgan fingerprint density at radius 3 is 2.65 bits per heavy atom. The van der Waals surface area contributed by atoms with Gasteiger partial charge < -0.3 is 10.4 Å². The van der Waals surface area contributed by atoms with Crippen molar-refractivity contribution < 1.29 is 9.90 Å². The quantitative estimate of drug-likeness (QED) is 0.868. The fraction of sp³-hybridized carbons (Fsp3) is 0.588. The number of hydrogen-bond acceptors (Lipinski definition) is 2. The van der Waals surface area contributed by atoms with Gasteiger partial charge in [-0.2, -0.15) is 0 Å². The third-order valence-electron chi connectivity index (χ3n) is 4.40. The maximum Gasteiger partial charge on any atom is 0.227 e. The maximum absolute atomic E-state index is 12.5. The molecule has 0 bridgehead atoms. The number of carbonyl (C=O) groups is 1. The van der Waals surface area contributed by atoms with E-state index in [0.717, 1.165) is 37.7 Å². The van der Waals surface area contributed by atoms with Crippen molar-refractivity contribution in [2.75, 3.05) is 6.61 Å². The van der Waals surface area contributed by atoms with E-state index < -0.39 is 0 Å². The monoisotopic (exact) mass is 275 g/mol. The second kappa shape index (κ2) is 7.44. The molecule has 1 aromatic rings. The van der Waals surface area contributed by atoms with Gasteiger partial charge in [0.2, 0.25) is 5.91 Å². The number of carbonyl (C=O) groups excluding carboxylic acids is 1. The first kappa shape index (κ1) is 15.0. The number of hydrogen-bond donors (Lipinski definition) is 2. The van der Waals surface area contributed by atoms with Gasteiger partial charge in [0.05, 0.1) is 5.92 Å². The van der Waals surface area contributed by atoms with Gasteiger partial charge in [-0.05, 0) is 24.8 Å². The topological polar surface area (TPSA) is 49.3 Å². The van der Waals surface area contributed by atoms with Crippen LogP contribution in [-0.4, -0.2) is 23.7 Å². The zero-order chi connectivity index (χ0) is 14.4. The molecule has 3 atom stereocenters. The Labute approximate surface area is 121 Å². The van der Waals surface area contributed by atoms with Crippen molar-refractivity contribution in [2.45, 2.75) is 51.0 Å². The molecule has 1 aliphatic carbocycles. The average molecular weight is 275 g/mol. The van der Waals surface area contributed by atoms with Crippen LogP contribution >= 0.6 is 0 Å². The Kier molecular flexibility index (Phi) is 5.60. The van der Waals surface area contributed by atoms with Crippen LogP contribution in [0.2, 0.25) is 0 Å². The van der Waals surface area contributed by atoms with Crippen LogP contribution in [0.4, 0.5) is 0 Å². The average Bonchev–Trinajstić information content (AvgIpc) is 2.49. The van der Waals surface area contributed by atoms with E-state index in [2.05, 4.69) is 5.32 Å². The Hall–Kier alpha value is -1.35. The number of aliphatic hydroxyl groups is 1. The Morgan fingerprint density at radius 2 is 2.00 bits per heavy atom. The van der Waals surface area contributed by atoms with E-state index in [9.17, 15) is 9.90 Å². The molecule has 0 saturated heterocycles. The number of benzene rings is 1. The molecule has 0 spiro atoms. The molecule has 1 saturated carbocycles. The molecule has 3 unspecified atom stereocenters. The molecule has 0 aliphatic heterocycles. The Bertz CT molecular complexity index is 418. The van der Waals surface area contributed by atoms with Gasteiger partial charge in [-0.15, -0.1) is 0 Å². The lowest BCUT2D eigenvalue weighted by Gasteiger charge is -2.32. The molecule has 1 amide bonds. The SMILES string of the molecule is CCC(C(=O)NC1CCCCC1CO)c1ccccc1. The second-order valence-corrected chi connectivity index (χ2v) is 5.71. The molecule has 3 nitrogen and oxygen atoms in total. The lowest BCUT2D eigenvalue weighted by Crippen LogP contribution is -2.45. The molecule has 1 aliphatic rings. The minimum Gasteiger partial charge on any atom is -0.396 e. The smallest absolute Gasteiger partial charge is 0.227 e. The summed E-state index contributed by atoms with van der Waals surface area (Å²) in [5, 5.41) is 12.6. The lowest BCUT2D eigenvalue weighted by atomic mass is 9.84. The van der Waals surface area contributed by atoms with Crippen molar-refractivity contribution in [2.24, 2.45) is 5.92 Å². The number of rotatable bonds is 5. The van der Waals surface area contributed by atoms with Gasteiger partial charge in [-0.25, -0.2) is 0 Å². The highest BCUT2D eigenvalue weighted by atomic mass is 16.3. The van der Waals surface area contributed by atoms with Crippen LogP contribution in [0.5, 0.6) is 0 Å². The highest BCUT2D eigenvalue weighted by Crippen LogP contribution is 2.26. The molecule has 2 N–H and O–H groups in total. The molecule has 1 fully saturated rings. The summed E-state index contributed by atoms with van der Waals surface area (Å²) in [6.45, 7) is 2.22. The van der Waals surface area contributed by atoms with E-state index >= 15 is 0 Å². The molecule has 3 heteroatoms. The van der Waals surface area contributed by atoms with Crippen molar-refractivity contribution in [3.05, 3.63) is 35.9 Å². The molecular formula is C17H25NO2. The number of nitrogens with one attached hydrogen (secondary N) is 1. The fourth-order valence-corrected chi connectivity index (χ4v) is 3.16. The van der Waals surface area contributed by atoms with Crippen molar-refractivity contribution in [1.82, 2.24) is 5.32 Å². The minimum atomic E-state index is -0.0857. The van der Waals surface area contributed by atoms with Crippen LogP contribution < -0.4 is 5.32 Å². The summed E-state index contributed by atoms with van der Waals surface area (Å²) in [5.41, 5.74) is 1.07. The van der Waals surface area contributed by atoms with Gasteiger partial charge in [0, 0.05) is 18.6 Å². The van der Waals surface area contributed by atoms with Gasteiger partial charge in [0.25, 0.3) is 0 Å². The summed E-state index contributed by atoms with van der Waals surface area (Å²) in [6, 6.07) is 10.1. The summed E-state index contributed by atoms with van der Waals surface area (Å²) in [4.78, 5) is 12.5. The zero-order valence-corrected chi connectivity index (χ0v) is 12.2. The number of aliphatic hydroxyl groups excluding tert-OH is 1. The van der Waals surface area contributed by atoms with Crippen molar-refractivity contribution >= 4 is 5.91 Å². The van der Waals surface area contributed by atoms with Crippen molar-refractivity contribution in [3.63, 3.8) is 0 Å². The fourth-order valence-electron chi connectivity index (χ4n) is 3.16. The Balaban J connectivity index is 2.02. The van der Waals surface area contributed by atoms with E-state index in [1.165, 1.54) is 0 Å². The van der Waals surface area contributed by atoms with E-state index in [1.54, 1.807) is 0 Å². The molecule has 110 valence electrons. The van der Waals surface area contributed by atoms with Crippen LogP contribution in [0, 0.1) is 5.92 Å². The Morgan fingerprint density at radius 1 is 1.30 bits per heavy atom. The van der Waals surface area contributed by atoms with Crippen LogP contribution in [0.15, 0.2) is 30.3 Å². The first-order valence-corrected chi connectivity index (χ1v) is 7.72. The first-order valence-electron chi connectivity index (χ1n) is 7.72. The summed E-state index contributed by atoms with van der Waals surface area (Å²) >= 11 is 0. The first-order chi connectivity index (χ1) is 9.76. The standard InChI is InChI=1S/C17H25NO2/c1-2-15(13-8-4-3-5-9-13)17(20)18-16-11-7-6-10-14(16)12-19/h3-5,8-9,14-16,19H,2,6-7,10-12H2,1H3,(H,18,20). The van der Waals surface area contributed by atoms with Crippen LogP contribution in [-0.2, 0) is 4.79 Å². The van der Waals surface area contributed by atoms with Gasteiger partial charge in [0.1, 0.15) is 0 Å². The summed E-state index contributed by atoms with van der Waals surface area (Å²) in [5.74, 6) is 0.238. The third-order valence-corrected chi connectivity index (χ3v) is 4.40. The summed E-state index contributed by atoms with van der Waals surface area (Å²) < 4.78 is 0. The summed E-state index contributed by atoms with van der Waals surface area (Å²) in [7, 11) is 0.